The van der Waals surface area contributed by atoms with Gasteiger partial charge in [0.25, 0.3) is 5.91 Å². The van der Waals surface area contributed by atoms with Crippen molar-refractivity contribution in [3.8, 4) is 33.4 Å². The van der Waals surface area contributed by atoms with Gasteiger partial charge in [-0.05, 0) is 53.9 Å². The summed E-state index contributed by atoms with van der Waals surface area (Å²) in [5.41, 5.74) is 7.13. The van der Waals surface area contributed by atoms with Crippen LogP contribution in [0.3, 0.4) is 0 Å². The number of likely N-dealkylation sites (tertiary alicyclic amines) is 1. The number of nitrogens with two attached hydrogens (primary N) is 1. The van der Waals surface area contributed by atoms with Crippen LogP contribution >= 0.6 is 11.3 Å². The Balaban J connectivity index is 1.80. The van der Waals surface area contributed by atoms with Crippen LogP contribution in [0.1, 0.15) is 21.7 Å². The predicted octanol–water partition coefficient (Wildman–Crippen LogP) is 4.75. The van der Waals surface area contributed by atoms with Crippen molar-refractivity contribution in [2.75, 3.05) is 20.2 Å². The van der Waals surface area contributed by atoms with Gasteiger partial charge in [-0.25, -0.2) is 13.2 Å². The lowest BCUT2D eigenvalue weighted by Crippen LogP contribution is -2.51. The standard InChI is InChI=1S/C24H20F3N3O2S/c1-32-21-5-4-14(9-19(21)27)23-16(13-2-3-15(11-28)18(26)8-13)10-22(33-23)24(31)30-7-6-17(25)20(29)12-30/h2-5,8-10,17,20H,6-7,12,29H2,1H3/t17-,20+/m1/s1. The molecule has 2 N–H and O–H groups in total. The molecule has 4 rings (SSSR count). The van der Waals surface area contributed by atoms with E-state index in [2.05, 4.69) is 0 Å². The number of carbonyl (C=O) groups is 1. The first kappa shape index (κ1) is 22.8. The second-order valence-corrected chi connectivity index (χ2v) is 8.78. The minimum atomic E-state index is -1.16. The fourth-order valence-corrected chi connectivity index (χ4v) is 4.94. The van der Waals surface area contributed by atoms with E-state index in [1.54, 1.807) is 24.3 Å². The second-order valence-electron chi connectivity index (χ2n) is 7.73. The highest BCUT2D eigenvalue weighted by molar-refractivity contribution is 7.18. The topological polar surface area (TPSA) is 79.3 Å². The van der Waals surface area contributed by atoms with Gasteiger partial charge in [-0.1, -0.05) is 6.07 Å². The number of hydrogen-bond acceptors (Lipinski definition) is 5. The summed E-state index contributed by atoms with van der Waals surface area (Å²) in [7, 11) is 1.36. The summed E-state index contributed by atoms with van der Waals surface area (Å²) in [6, 6.07) is 11.2. The Morgan fingerprint density at radius 2 is 1.91 bits per heavy atom. The van der Waals surface area contributed by atoms with Crippen LogP contribution in [0.15, 0.2) is 42.5 Å². The fourth-order valence-electron chi connectivity index (χ4n) is 3.80. The van der Waals surface area contributed by atoms with Crippen molar-refractivity contribution in [2.24, 2.45) is 5.73 Å². The molecule has 2 heterocycles. The van der Waals surface area contributed by atoms with Crippen LogP contribution < -0.4 is 10.5 Å². The third-order valence-corrected chi connectivity index (χ3v) is 6.79. The number of piperidine rings is 1. The number of rotatable bonds is 4. The third kappa shape index (κ3) is 4.45. The lowest BCUT2D eigenvalue weighted by atomic mass is 10.00. The fraction of sp³-hybridized carbons (Fsp3) is 0.250. The number of methoxy groups -OCH3 is 1. The number of nitriles is 1. The number of amides is 1. The highest BCUT2D eigenvalue weighted by Gasteiger charge is 2.31. The van der Waals surface area contributed by atoms with E-state index in [0.29, 0.717) is 26.4 Å². The molecule has 1 aromatic heterocycles. The Hall–Kier alpha value is -3.35. The number of carbonyl (C=O) groups excluding carboxylic acids is 1. The van der Waals surface area contributed by atoms with Crippen LogP contribution in [0.2, 0.25) is 0 Å². The van der Waals surface area contributed by atoms with Crippen LogP contribution in [0.25, 0.3) is 21.6 Å². The Kier molecular flexibility index (Phi) is 6.40. The minimum Gasteiger partial charge on any atom is -0.494 e. The molecule has 2 aromatic carbocycles. The first-order valence-electron chi connectivity index (χ1n) is 10.2. The van der Waals surface area contributed by atoms with Crippen molar-refractivity contribution in [2.45, 2.75) is 18.6 Å². The van der Waals surface area contributed by atoms with Crippen molar-refractivity contribution in [3.63, 3.8) is 0 Å². The van der Waals surface area contributed by atoms with E-state index in [0.717, 1.165) is 11.3 Å². The number of thiophene rings is 1. The van der Waals surface area contributed by atoms with E-state index in [1.807, 2.05) is 0 Å². The normalized spacial score (nSPS) is 18.1. The van der Waals surface area contributed by atoms with E-state index >= 15 is 0 Å². The molecule has 1 aliphatic heterocycles. The number of alkyl halides is 1. The summed E-state index contributed by atoms with van der Waals surface area (Å²) in [5.74, 6) is -1.53. The van der Waals surface area contributed by atoms with Gasteiger partial charge in [0, 0.05) is 23.5 Å². The summed E-state index contributed by atoms with van der Waals surface area (Å²) in [6.45, 7) is 0.324. The molecule has 5 nitrogen and oxygen atoms in total. The van der Waals surface area contributed by atoms with Gasteiger partial charge in [0.05, 0.1) is 23.6 Å². The molecular weight excluding hydrogens is 451 g/mol. The van der Waals surface area contributed by atoms with E-state index in [1.165, 1.54) is 36.3 Å². The molecule has 3 aromatic rings. The second kappa shape index (κ2) is 9.25. The number of benzene rings is 2. The molecule has 9 heteroatoms. The molecule has 0 spiro atoms. The Morgan fingerprint density at radius 1 is 1.18 bits per heavy atom. The Labute approximate surface area is 192 Å². The molecule has 1 amide bonds. The van der Waals surface area contributed by atoms with Crippen LogP contribution in [-0.2, 0) is 0 Å². The maximum absolute atomic E-state index is 14.4. The molecule has 2 atom stereocenters. The quantitative estimate of drug-likeness (QED) is 0.596. The zero-order valence-corrected chi connectivity index (χ0v) is 18.5. The van der Waals surface area contributed by atoms with Crippen molar-refractivity contribution >= 4 is 17.2 Å². The SMILES string of the molecule is COc1ccc(-c2sc(C(=O)N3CC[C@@H](F)[C@@H](N)C3)cc2-c2ccc(C#N)c(F)c2)cc1F. The van der Waals surface area contributed by atoms with Crippen LogP contribution in [-0.4, -0.2) is 43.2 Å². The summed E-state index contributed by atoms with van der Waals surface area (Å²) >= 11 is 1.13. The maximum Gasteiger partial charge on any atom is 0.264 e. The van der Waals surface area contributed by atoms with E-state index in [-0.39, 0.29) is 36.7 Å². The van der Waals surface area contributed by atoms with E-state index < -0.39 is 23.8 Å². The highest BCUT2D eigenvalue weighted by atomic mass is 32.1. The monoisotopic (exact) mass is 471 g/mol. The van der Waals surface area contributed by atoms with Gasteiger partial charge in [0.2, 0.25) is 0 Å². The summed E-state index contributed by atoms with van der Waals surface area (Å²) in [4.78, 5) is 15.5. The van der Waals surface area contributed by atoms with E-state index in [4.69, 9.17) is 15.7 Å². The largest absolute Gasteiger partial charge is 0.494 e. The van der Waals surface area contributed by atoms with Gasteiger partial charge in [-0.2, -0.15) is 5.26 Å². The van der Waals surface area contributed by atoms with Crippen LogP contribution in [0, 0.1) is 23.0 Å². The summed E-state index contributed by atoms with van der Waals surface area (Å²) < 4.78 is 47.5. The predicted molar refractivity (Wildman–Crippen MR) is 120 cm³/mol. The summed E-state index contributed by atoms with van der Waals surface area (Å²) in [5, 5.41) is 9.03. The van der Waals surface area contributed by atoms with Crippen LogP contribution in [0.5, 0.6) is 5.75 Å². The number of halogens is 3. The van der Waals surface area contributed by atoms with Gasteiger partial charge >= 0.3 is 0 Å². The Bertz CT molecular complexity index is 1250. The van der Waals surface area contributed by atoms with Gasteiger partial charge in [0.15, 0.2) is 11.6 Å². The van der Waals surface area contributed by atoms with E-state index in [9.17, 15) is 18.0 Å². The lowest BCUT2D eigenvalue weighted by molar-refractivity contribution is 0.0635. The van der Waals surface area contributed by atoms with Crippen molar-refractivity contribution < 1.29 is 22.7 Å². The number of nitrogens with zero attached hydrogens (tertiary/aromatic N) is 2. The zero-order chi connectivity index (χ0) is 23.7. The average Bonchev–Trinajstić information content (AvgIpc) is 3.25. The molecule has 0 unspecified atom stereocenters. The molecule has 0 saturated carbocycles. The molecule has 1 aliphatic rings. The van der Waals surface area contributed by atoms with Gasteiger partial charge in [-0.3, -0.25) is 4.79 Å². The molecule has 1 fully saturated rings. The first-order valence-corrected chi connectivity index (χ1v) is 11.0. The molecule has 0 radical (unpaired) electrons. The molecule has 1 saturated heterocycles. The van der Waals surface area contributed by atoms with Gasteiger partial charge < -0.3 is 15.4 Å². The minimum absolute atomic E-state index is 0.0701. The third-order valence-electron chi connectivity index (χ3n) is 5.62. The van der Waals surface area contributed by atoms with Gasteiger partial charge in [0.1, 0.15) is 18.1 Å². The van der Waals surface area contributed by atoms with Gasteiger partial charge in [-0.15, -0.1) is 11.3 Å². The Morgan fingerprint density at radius 3 is 2.55 bits per heavy atom. The summed E-state index contributed by atoms with van der Waals surface area (Å²) in [6.07, 6.45) is -1.00. The molecule has 33 heavy (non-hydrogen) atoms. The zero-order valence-electron chi connectivity index (χ0n) is 17.6. The molecule has 0 bridgehead atoms. The maximum atomic E-state index is 14.4. The molecular formula is C24H20F3N3O2S. The van der Waals surface area contributed by atoms with Crippen molar-refractivity contribution in [1.29, 1.82) is 5.26 Å². The first-order chi connectivity index (χ1) is 15.8. The smallest absolute Gasteiger partial charge is 0.264 e. The lowest BCUT2D eigenvalue weighted by Gasteiger charge is -2.32. The van der Waals surface area contributed by atoms with Crippen molar-refractivity contribution in [1.82, 2.24) is 4.90 Å². The number of ether oxygens (including phenoxy) is 1. The molecule has 0 aliphatic carbocycles. The number of hydrogen-bond donors (Lipinski definition) is 1. The van der Waals surface area contributed by atoms with Crippen LogP contribution in [0.4, 0.5) is 13.2 Å². The highest BCUT2D eigenvalue weighted by Crippen LogP contribution is 2.41. The molecule has 170 valence electrons. The average molecular weight is 472 g/mol. The van der Waals surface area contributed by atoms with Crippen molar-refractivity contribution in [3.05, 3.63) is 64.5 Å².